The predicted molar refractivity (Wildman–Crippen MR) is 81.9 cm³/mol. The van der Waals surface area contributed by atoms with Crippen LogP contribution >= 0.6 is 28.1 Å². The molecule has 0 radical (unpaired) electrons. The van der Waals surface area contributed by atoms with Crippen molar-refractivity contribution in [1.82, 2.24) is 20.5 Å². The number of anilines is 1. The summed E-state index contributed by atoms with van der Waals surface area (Å²) in [5, 5.41) is 14.3. The van der Waals surface area contributed by atoms with E-state index >= 15 is 0 Å². The molecule has 0 saturated carbocycles. The van der Waals surface area contributed by atoms with Crippen molar-refractivity contribution in [2.24, 2.45) is 0 Å². The minimum atomic E-state index is 0.511. The first kappa shape index (κ1) is 13.8. The molecule has 0 fully saturated rings. The second kappa shape index (κ2) is 7.10. The third-order valence-corrected chi connectivity index (χ3v) is 3.18. The van der Waals surface area contributed by atoms with E-state index in [4.69, 9.17) is 12.2 Å². The van der Waals surface area contributed by atoms with Gasteiger partial charge in [0.25, 0.3) is 0 Å². The fraction of sp³-hybridized carbons (Fsp3) is 0.167. The number of nitrogens with zero attached hydrogens (tertiary/aromatic N) is 3. The molecule has 0 saturated heterocycles. The lowest BCUT2D eigenvalue weighted by molar-refractivity contribution is 0.846. The van der Waals surface area contributed by atoms with Gasteiger partial charge in [0.15, 0.2) is 10.9 Å². The van der Waals surface area contributed by atoms with Crippen molar-refractivity contribution in [3.8, 4) is 0 Å². The zero-order valence-electron chi connectivity index (χ0n) is 10.0. The number of halogens is 1. The average Bonchev–Trinajstić information content (AvgIpc) is 2.43. The molecule has 0 unspecified atom stereocenters. The summed E-state index contributed by atoms with van der Waals surface area (Å²) in [6, 6.07) is 7.65. The van der Waals surface area contributed by atoms with E-state index in [2.05, 4.69) is 41.7 Å². The van der Waals surface area contributed by atoms with Crippen LogP contribution < -0.4 is 10.6 Å². The lowest BCUT2D eigenvalue weighted by atomic mass is 10.3. The van der Waals surface area contributed by atoms with Crippen molar-refractivity contribution in [1.29, 1.82) is 0 Å². The molecule has 0 bridgehead atoms. The molecule has 0 aliphatic heterocycles. The first-order valence-electron chi connectivity index (χ1n) is 5.67. The zero-order valence-corrected chi connectivity index (χ0v) is 12.4. The summed E-state index contributed by atoms with van der Waals surface area (Å²) in [6.45, 7) is 0.709. The minimum absolute atomic E-state index is 0.511. The molecule has 2 rings (SSSR count). The third kappa shape index (κ3) is 4.53. The van der Waals surface area contributed by atoms with E-state index in [1.54, 1.807) is 18.5 Å². The van der Waals surface area contributed by atoms with Crippen molar-refractivity contribution in [3.63, 3.8) is 0 Å². The van der Waals surface area contributed by atoms with E-state index in [-0.39, 0.29) is 0 Å². The molecule has 2 N–H and O–H groups in total. The number of hydrogen-bond donors (Lipinski definition) is 2. The molecule has 7 heteroatoms. The molecular weight excluding hydrogens is 326 g/mol. The second-order valence-electron chi connectivity index (χ2n) is 3.68. The predicted octanol–water partition coefficient (Wildman–Crippen LogP) is 2.16. The Morgan fingerprint density at radius 3 is 2.89 bits per heavy atom. The fourth-order valence-electron chi connectivity index (χ4n) is 1.40. The molecule has 0 atom stereocenters. The molecule has 0 aliphatic rings. The Morgan fingerprint density at radius 1 is 1.26 bits per heavy atom. The van der Waals surface area contributed by atoms with Gasteiger partial charge in [0.05, 0.1) is 10.7 Å². The first-order chi connectivity index (χ1) is 9.25. The SMILES string of the molecule is S=C(NCCc1ccccn1)Nc1nnccc1Br. The molecule has 98 valence electrons. The van der Waals surface area contributed by atoms with Crippen molar-refractivity contribution in [2.45, 2.75) is 6.42 Å². The van der Waals surface area contributed by atoms with Gasteiger partial charge in [-0.2, -0.15) is 5.10 Å². The van der Waals surface area contributed by atoms with Crippen LogP contribution in [-0.2, 0) is 6.42 Å². The quantitative estimate of drug-likeness (QED) is 0.833. The van der Waals surface area contributed by atoms with Crippen molar-refractivity contribution < 1.29 is 0 Å². The third-order valence-electron chi connectivity index (χ3n) is 2.30. The second-order valence-corrected chi connectivity index (χ2v) is 4.94. The Hall–Kier alpha value is -1.60. The number of rotatable bonds is 4. The lowest BCUT2D eigenvalue weighted by Gasteiger charge is -2.09. The number of pyridine rings is 1. The van der Waals surface area contributed by atoms with Gasteiger partial charge in [0, 0.05) is 24.9 Å². The van der Waals surface area contributed by atoms with Crippen molar-refractivity contribution >= 4 is 39.1 Å². The summed E-state index contributed by atoms with van der Waals surface area (Å²) in [5.41, 5.74) is 1.03. The van der Waals surface area contributed by atoms with E-state index < -0.39 is 0 Å². The van der Waals surface area contributed by atoms with Crippen molar-refractivity contribution in [2.75, 3.05) is 11.9 Å². The normalized spacial score (nSPS) is 9.95. The molecule has 5 nitrogen and oxygen atoms in total. The highest BCUT2D eigenvalue weighted by Gasteiger charge is 2.03. The number of nitrogens with one attached hydrogen (secondary N) is 2. The number of thiocarbonyl (C=S) groups is 1. The summed E-state index contributed by atoms with van der Waals surface area (Å²) in [5.74, 6) is 0.595. The Balaban J connectivity index is 1.78. The van der Waals surface area contributed by atoms with E-state index in [1.807, 2.05) is 18.2 Å². The number of aromatic nitrogens is 3. The van der Waals surface area contributed by atoms with Gasteiger partial charge in [-0.3, -0.25) is 4.98 Å². The molecule has 2 aromatic heterocycles. The highest BCUT2D eigenvalue weighted by atomic mass is 79.9. The lowest BCUT2D eigenvalue weighted by Crippen LogP contribution is -2.30. The van der Waals surface area contributed by atoms with Crippen LogP contribution in [0.1, 0.15) is 5.69 Å². The van der Waals surface area contributed by atoms with Crippen LogP contribution in [0.2, 0.25) is 0 Å². The van der Waals surface area contributed by atoms with Gasteiger partial charge < -0.3 is 10.6 Å². The van der Waals surface area contributed by atoms with Gasteiger partial charge in [0.2, 0.25) is 0 Å². The monoisotopic (exact) mass is 337 g/mol. The van der Waals surface area contributed by atoms with E-state index in [9.17, 15) is 0 Å². The maximum absolute atomic E-state index is 5.18. The van der Waals surface area contributed by atoms with Gasteiger partial charge in [0.1, 0.15) is 0 Å². The molecular formula is C12H12BrN5S. The molecule has 0 amide bonds. The highest BCUT2D eigenvalue weighted by molar-refractivity contribution is 9.10. The molecule has 0 aliphatic carbocycles. The Bertz CT molecular complexity index is 549. The summed E-state index contributed by atoms with van der Waals surface area (Å²) < 4.78 is 0.816. The van der Waals surface area contributed by atoms with E-state index in [1.165, 1.54) is 0 Å². The van der Waals surface area contributed by atoms with Gasteiger partial charge in [-0.25, -0.2) is 0 Å². The summed E-state index contributed by atoms with van der Waals surface area (Å²) in [7, 11) is 0. The van der Waals surface area contributed by atoms with Crippen LogP contribution in [0.25, 0.3) is 0 Å². The molecule has 2 aromatic rings. The van der Waals surface area contributed by atoms with E-state index in [0.717, 1.165) is 16.6 Å². The minimum Gasteiger partial charge on any atom is -0.362 e. The van der Waals surface area contributed by atoms with Crippen LogP contribution in [0.3, 0.4) is 0 Å². The Kier molecular flexibility index (Phi) is 5.17. The van der Waals surface area contributed by atoms with E-state index in [0.29, 0.717) is 17.5 Å². The van der Waals surface area contributed by atoms with Crippen LogP contribution in [-0.4, -0.2) is 26.8 Å². The van der Waals surface area contributed by atoms with Gasteiger partial charge in [-0.15, -0.1) is 5.10 Å². The van der Waals surface area contributed by atoms with Crippen molar-refractivity contribution in [3.05, 3.63) is 46.8 Å². The topological polar surface area (TPSA) is 62.7 Å². The van der Waals surface area contributed by atoms with Crippen LogP contribution in [0.4, 0.5) is 5.82 Å². The maximum atomic E-state index is 5.18. The van der Waals surface area contributed by atoms with Crippen LogP contribution in [0.15, 0.2) is 41.1 Å². The Labute approximate surface area is 125 Å². The molecule has 19 heavy (non-hydrogen) atoms. The molecule has 0 aromatic carbocycles. The average molecular weight is 338 g/mol. The summed E-state index contributed by atoms with van der Waals surface area (Å²) in [4.78, 5) is 4.24. The smallest absolute Gasteiger partial charge is 0.172 e. The molecule has 2 heterocycles. The van der Waals surface area contributed by atoms with Crippen LogP contribution in [0, 0.1) is 0 Å². The van der Waals surface area contributed by atoms with Gasteiger partial charge in [-0.05, 0) is 46.3 Å². The fourth-order valence-corrected chi connectivity index (χ4v) is 1.90. The Morgan fingerprint density at radius 2 is 2.16 bits per heavy atom. The summed E-state index contributed by atoms with van der Waals surface area (Å²) >= 11 is 8.55. The zero-order chi connectivity index (χ0) is 13.5. The van der Waals surface area contributed by atoms with Gasteiger partial charge in [-0.1, -0.05) is 6.07 Å². The first-order valence-corrected chi connectivity index (χ1v) is 6.88. The maximum Gasteiger partial charge on any atom is 0.172 e. The molecule has 0 spiro atoms. The highest BCUT2D eigenvalue weighted by Crippen LogP contribution is 2.16. The van der Waals surface area contributed by atoms with Crippen LogP contribution in [0.5, 0.6) is 0 Å². The largest absolute Gasteiger partial charge is 0.362 e. The summed E-state index contributed by atoms with van der Waals surface area (Å²) in [6.07, 6.45) is 4.19. The van der Waals surface area contributed by atoms with Gasteiger partial charge >= 0.3 is 0 Å². The number of hydrogen-bond acceptors (Lipinski definition) is 4. The standard InChI is InChI=1S/C12H12BrN5S/c13-10-5-8-16-18-11(10)17-12(19)15-7-4-9-3-1-2-6-14-9/h1-3,5-6,8H,4,7H2,(H2,15,17,18,19).